The fourth-order valence-electron chi connectivity index (χ4n) is 3.79. The van der Waals surface area contributed by atoms with Crippen molar-refractivity contribution in [3.05, 3.63) is 63.7 Å². The first kappa shape index (κ1) is 29.2. The van der Waals surface area contributed by atoms with E-state index in [1.165, 1.54) is 6.07 Å². The Balaban J connectivity index is 1.44. The van der Waals surface area contributed by atoms with Gasteiger partial charge in [0.15, 0.2) is 0 Å². The maximum atomic E-state index is 13.2. The third kappa shape index (κ3) is 8.87. The molecule has 3 N–H and O–H groups in total. The number of fused-ring (bicyclic) bond motifs is 1. The van der Waals surface area contributed by atoms with Crippen LogP contribution >= 0.6 is 27.3 Å². The number of carbonyl (C=O) groups is 2. The maximum absolute atomic E-state index is 13.2. The molecule has 0 unspecified atom stereocenters. The molecule has 0 aliphatic heterocycles. The Labute approximate surface area is 229 Å². The molecular weight excluding hydrogens is 581 g/mol. The van der Waals surface area contributed by atoms with Gasteiger partial charge in [-0.15, -0.1) is 11.3 Å². The van der Waals surface area contributed by atoms with E-state index in [2.05, 4.69) is 31.3 Å². The predicted molar refractivity (Wildman–Crippen MR) is 148 cm³/mol. The van der Waals surface area contributed by atoms with Crippen molar-refractivity contribution in [3.8, 4) is 0 Å². The van der Waals surface area contributed by atoms with Gasteiger partial charge in [0.1, 0.15) is 11.9 Å². The van der Waals surface area contributed by atoms with Gasteiger partial charge in [-0.2, -0.15) is 0 Å². The monoisotopic (exact) mass is 611 g/mol. The number of benzene rings is 2. The summed E-state index contributed by atoms with van der Waals surface area (Å²) in [6.07, 6.45) is 1.76. The summed E-state index contributed by atoms with van der Waals surface area (Å²) in [7, 11) is -3.78. The van der Waals surface area contributed by atoms with Crippen molar-refractivity contribution in [2.75, 3.05) is 13.1 Å². The minimum atomic E-state index is -3.78. The van der Waals surface area contributed by atoms with Gasteiger partial charge in [0.2, 0.25) is 21.8 Å². The van der Waals surface area contributed by atoms with Gasteiger partial charge in [-0.1, -0.05) is 32.0 Å². The quantitative estimate of drug-likeness (QED) is 0.243. The van der Waals surface area contributed by atoms with Crippen LogP contribution in [0.2, 0.25) is 0 Å². The molecule has 200 valence electrons. The van der Waals surface area contributed by atoms with Crippen molar-refractivity contribution in [1.29, 1.82) is 0 Å². The van der Waals surface area contributed by atoms with E-state index in [1.807, 2.05) is 44.2 Å². The Kier molecular flexibility index (Phi) is 10.6. The minimum absolute atomic E-state index is 0.0369. The molecule has 0 fully saturated rings. The van der Waals surface area contributed by atoms with Crippen molar-refractivity contribution in [2.24, 2.45) is 5.92 Å². The van der Waals surface area contributed by atoms with E-state index in [4.69, 9.17) is 0 Å². The molecule has 2 aromatic carbocycles. The van der Waals surface area contributed by atoms with E-state index in [0.29, 0.717) is 25.8 Å². The molecule has 1 aromatic heterocycles. The van der Waals surface area contributed by atoms with Gasteiger partial charge < -0.3 is 10.6 Å². The van der Waals surface area contributed by atoms with Gasteiger partial charge in [-0.05, 0) is 76.8 Å². The first-order chi connectivity index (χ1) is 17.5. The first-order valence-corrected chi connectivity index (χ1v) is 15.1. The molecule has 7 nitrogen and oxygen atoms in total. The van der Waals surface area contributed by atoms with Gasteiger partial charge in [0.05, 0.1) is 11.3 Å². The zero-order valence-corrected chi connectivity index (χ0v) is 23.9. The van der Waals surface area contributed by atoms with Crippen LogP contribution in [0.1, 0.15) is 38.0 Å². The van der Waals surface area contributed by atoms with E-state index < -0.39 is 21.9 Å². The van der Waals surface area contributed by atoms with Crippen LogP contribution in [0.5, 0.6) is 0 Å². The topological polar surface area (TPSA) is 104 Å². The summed E-state index contributed by atoms with van der Waals surface area (Å²) in [5.41, 5.74) is 0. The third-order valence-corrected chi connectivity index (χ3v) is 9.10. The molecule has 0 saturated carbocycles. The zero-order valence-electron chi connectivity index (χ0n) is 20.7. The fraction of sp³-hybridized carbons (Fsp3) is 0.385. The highest BCUT2D eigenvalue weighted by atomic mass is 79.9. The number of unbranched alkanes of at least 4 members (excludes halogenated alkanes) is 1. The zero-order chi connectivity index (χ0) is 27.0. The van der Waals surface area contributed by atoms with Crippen LogP contribution in [0.4, 0.5) is 4.39 Å². The fourth-order valence-corrected chi connectivity index (χ4v) is 6.98. The van der Waals surface area contributed by atoms with Crippen LogP contribution in [0.25, 0.3) is 10.1 Å². The second-order valence-electron chi connectivity index (χ2n) is 9.15. The Morgan fingerprint density at radius 3 is 2.49 bits per heavy atom. The van der Waals surface area contributed by atoms with Crippen molar-refractivity contribution < 1.29 is 22.4 Å². The molecule has 0 aliphatic carbocycles. The van der Waals surface area contributed by atoms with E-state index in [1.54, 1.807) is 11.3 Å². The van der Waals surface area contributed by atoms with E-state index in [-0.39, 0.29) is 40.1 Å². The van der Waals surface area contributed by atoms with Crippen molar-refractivity contribution >= 4 is 59.2 Å². The number of amides is 2. The molecule has 3 aromatic rings. The lowest BCUT2D eigenvalue weighted by Crippen LogP contribution is -2.48. The third-order valence-electron chi connectivity index (χ3n) is 5.55. The summed E-state index contributed by atoms with van der Waals surface area (Å²) < 4.78 is 41.8. The first-order valence-electron chi connectivity index (χ1n) is 12.0. The average molecular weight is 613 g/mol. The lowest BCUT2D eigenvalue weighted by atomic mass is 10.0. The summed E-state index contributed by atoms with van der Waals surface area (Å²) in [6, 6.07) is 12.7. The van der Waals surface area contributed by atoms with Gasteiger partial charge >= 0.3 is 0 Å². The Morgan fingerprint density at radius 1 is 1.05 bits per heavy atom. The molecule has 0 aliphatic rings. The standard InChI is InChI=1S/C26H31BrFN3O4S2/c1-17(2)13-22(31-25(32)16-20-14-18-7-3-4-8-23(18)36-20)26(33)29-11-5-6-12-30-37(34,35)24-10-9-19(28)15-21(24)27/h3-4,7-10,14-15,17,22,30H,5-6,11-13,16H2,1-2H3,(H,29,33)(H,31,32)/t22-/m0/s1. The lowest BCUT2D eigenvalue weighted by Gasteiger charge is -2.20. The van der Waals surface area contributed by atoms with Crippen LogP contribution in [0, 0.1) is 11.7 Å². The largest absolute Gasteiger partial charge is 0.354 e. The number of halogens is 2. The van der Waals surface area contributed by atoms with Crippen molar-refractivity contribution in [2.45, 2.75) is 50.5 Å². The van der Waals surface area contributed by atoms with Crippen molar-refractivity contribution in [1.82, 2.24) is 15.4 Å². The predicted octanol–water partition coefficient (Wildman–Crippen LogP) is 4.75. The summed E-state index contributed by atoms with van der Waals surface area (Å²) in [4.78, 5) is 26.4. The number of carbonyl (C=O) groups excluding carboxylic acids is 2. The Bertz CT molecular complexity index is 1310. The van der Waals surface area contributed by atoms with Crippen LogP contribution in [0.3, 0.4) is 0 Å². The second kappa shape index (κ2) is 13.5. The number of sulfonamides is 1. The summed E-state index contributed by atoms with van der Waals surface area (Å²) in [5.74, 6) is -0.780. The molecular formula is C26H31BrFN3O4S2. The summed E-state index contributed by atoms with van der Waals surface area (Å²) >= 11 is 4.64. The number of thiophene rings is 1. The summed E-state index contributed by atoms with van der Waals surface area (Å²) in [6.45, 7) is 4.50. The molecule has 0 spiro atoms. The highest BCUT2D eigenvalue weighted by Gasteiger charge is 2.22. The molecule has 0 saturated heterocycles. The highest BCUT2D eigenvalue weighted by Crippen LogP contribution is 2.25. The Hall–Kier alpha value is -2.34. The normalized spacial score (nSPS) is 12.6. The van der Waals surface area contributed by atoms with Gasteiger partial charge in [-0.3, -0.25) is 9.59 Å². The SMILES string of the molecule is CC(C)C[C@H](NC(=O)Cc1cc2ccccc2s1)C(=O)NCCCCNS(=O)(=O)c1ccc(F)cc1Br. The lowest BCUT2D eigenvalue weighted by molar-refractivity contribution is -0.129. The van der Waals surface area contributed by atoms with E-state index in [0.717, 1.165) is 27.1 Å². The van der Waals surface area contributed by atoms with Crippen LogP contribution in [-0.4, -0.2) is 39.4 Å². The molecule has 2 amide bonds. The smallest absolute Gasteiger partial charge is 0.242 e. The molecule has 11 heteroatoms. The van der Waals surface area contributed by atoms with Gasteiger partial charge in [0.25, 0.3) is 0 Å². The molecule has 3 rings (SSSR count). The molecule has 1 heterocycles. The van der Waals surface area contributed by atoms with Crippen LogP contribution in [-0.2, 0) is 26.0 Å². The highest BCUT2D eigenvalue weighted by molar-refractivity contribution is 9.10. The van der Waals surface area contributed by atoms with E-state index in [9.17, 15) is 22.4 Å². The second-order valence-corrected chi connectivity index (χ2v) is 12.9. The van der Waals surface area contributed by atoms with Crippen LogP contribution < -0.4 is 15.4 Å². The molecule has 0 radical (unpaired) electrons. The number of rotatable bonds is 13. The van der Waals surface area contributed by atoms with Crippen molar-refractivity contribution in [3.63, 3.8) is 0 Å². The van der Waals surface area contributed by atoms with Gasteiger partial charge in [-0.25, -0.2) is 17.5 Å². The van der Waals surface area contributed by atoms with Gasteiger partial charge in [0, 0.05) is 27.1 Å². The van der Waals surface area contributed by atoms with E-state index >= 15 is 0 Å². The number of hydrogen-bond acceptors (Lipinski definition) is 5. The molecule has 37 heavy (non-hydrogen) atoms. The summed E-state index contributed by atoms with van der Waals surface area (Å²) in [5, 5.41) is 6.82. The van der Waals surface area contributed by atoms with Crippen LogP contribution in [0.15, 0.2) is 57.9 Å². The number of hydrogen-bond donors (Lipinski definition) is 3. The molecule has 0 bridgehead atoms. The number of nitrogens with one attached hydrogen (secondary N) is 3. The maximum Gasteiger partial charge on any atom is 0.242 e. The average Bonchev–Trinajstić information content (AvgIpc) is 3.22. The minimum Gasteiger partial charge on any atom is -0.354 e. The molecule has 1 atom stereocenters. The Morgan fingerprint density at radius 2 is 1.78 bits per heavy atom.